The van der Waals surface area contributed by atoms with Gasteiger partial charge in [0.1, 0.15) is 11.5 Å². The molecule has 0 radical (unpaired) electrons. The third-order valence-corrected chi connectivity index (χ3v) is 5.16. The van der Waals surface area contributed by atoms with E-state index in [1.807, 2.05) is 14.0 Å². The quantitative estimate of drug-likeness (QED) is 0.472. The molecule has 4 heterocycles. The van der Waals surface area contributed by atoms with Gasteiger partial charge in [-0.25, -0.2) is 19.7 Å². The largest absolute Gasteiger partial charge is 0.468 e. The van der Waals surface area contributed by atoms with Gasteiger partial charge < -0.3 is 19.3 Å². The number of hydrogen-bond acceptors (Lipinski definition) is 9. The molecule has 1 saturated heterocycles. The zero-order valence-corrected chi connectivity index (χ0v) is 19.1. The van der Waals surface area contributed by atoms with Crippen molar-refractivity contribution in [3.63, 3.8) is 0 Å². The van der Waals surface area contributed by atoms with Gasteiger partial charge in [-0.1, -0.05) is 18.5 Å². The van der Waals surface area contributed by atoms with Gasteiger partial charge in [0.05, 0.1) is 11.6 Å². The summed E-state index contributed by atoms with van der Waals surface area (Å²) in [6.45, 7) is 5.59. The number of hydrogen-bond donors (Lipinski definition) is 0. The summed E-state index contributed by atoms with van der Waals surface area (Å²) in [5.41, 5.74) is 0.437. The van der Waals surface area contributed by atoms with Crippen molar-refractivity contribution in [3.05, 3.63) is 47.1 Å². The van der Waals surface area contributed by atoms with Crippen molar-refractivity contribution in [2.75, 3.05) is 44.7 Å². The zero-order chi connectivity index (χ0) is 23.8. The summed E-state index contributed by atoms with van der Waals surface area (Å²) in [5, 5.41) is 0.435. The third-order valence-electron chi connectivity index (χ3n) is 4.94. The molecular weight excluding hydrogens is 452 g/mol. The van der Waals surface area contributed by atoms with Crippen LogP contribution in [0.25, 0.3) is 0 Å². The molecule has 0 bridgehead atoms. The number of rotatable bonds is 5. The minimum atomic E-state index is -1.03. The van der Waals surface area contributed by atoms with Crippen LogP contribution in [-0.2, 0) is 14.3 Å². The summed E-state index contributed by atoms with van der Waals surface area (Å²) >= 11 is 5.89. The monoisotopic (exact) mass is 476 g/mol. The Hall–Kier alpha value is -3.31. The number of anilines is 1. The van der Waals surface area contributed by atoms with Gasteiger partial charge in [-0.3, -0.25) is 14.6 Å². The van der Waals surface area contributed by atoms with Crippen LogP contribution in [0.4, 0.5) is 10.6 Å². The van der Waals surface area contributed by atoms with E-state index in [9.17, 15) is 14.4 Å². The molecule has 11 nitrogen and oxygen atoms in total. The van der Waals surface area contributed by atoms with Gasteiger partial charge in [-0.05, 0) is 25.6 Å². The first-order valence-corrected chi connectivity index (χ1v) is 10.8. The Morgan fingerprint density at radius 2 is 1.91 bits per heavy atom. The number of ether oxygens (including phenoxy) is 2. The number of pyridine rings is 1. The average Bonchev–Trinajstić information content (AvgIpc) is 3.10. The Morgan fingerprint density at radius 3 is 2.52 bits per heavy atom. The van der Waals surface area contributed by atoms with Crippen molar-refractivity contribution in [2.24, 2.45) is 0 Å². The second kappa shape index (κ2) is 11.5. The molecule has 0 saturated carbocycles. The van der Waals surface area contributed by atoms with Gasteiger partial charge in [0, 0.05) is 44.8 Å². The fourth-order valence-electron chi connectivity index (χ4n) is 3.21. The van der Waals surface area contributed by atoms with E-state index in [4.69, 9.17) is 16.3 Å². The zero-order valence-electron chi connectivity index (χ0n) is 18.4. The van der Waals surface area contributed by atoms with Crippen LogP contribution in [0.3, 0.4) is 0 Å². The van der Waals surface area contributed by atoms with Gasteiger partial charge in [0.25, 0.3) is 12.4 Å². The maximum atomic E-state index is 12.8. The first kappa shape index (κ1) is 24.3. The van der Waals surface area contributed by atoms with Crippen molar-refractivity contribution >= 4 is 35.9 Å². The molecule has 1 fully saturated rings. The van der Waals surface area contributed by atoms with E-state index in [1.54, 1.807) is 17.0 Å². The van der Waals surface area contributed by atoms with Crippen LogP contribution in [0, 0.1) is 0 Å². The van der Waals surface area contributed by atoms with E-state index < -0.39 is 18.2 Å². The second-order valence-corrected chi connectivity index (χ2v) is 7.73. The highest BCUT2D eigenvalue weighted by Crippen LogP contribution is 2.35. The molecule has 2 aromatic rings. The Kier molecular flexibility index (Phi) is 8.50. The van der Waals surface area contributed by atoms with Gasteiger partial charge >= 0.3 is 6.09 Å². The van der Waals surface area contributed by atoms with E-state index in [2.05, 4.69) is 24.6 Å². The lowest BCUT2D eigenvalue weighted by molar-refractivity contribution is -0.128. The number of carbonyl (C=O) groups is 3. The maximum absolute atomic E-state index is 12.8. The maximum Gasteiger partial charge on any atom is 0.412 e. The summed E-state index contributed by atoms with van der Waals surface area (Å²) in [4.78, 5) is 52.3. The van der Waals surface area contributed by atoms with Crippen LogP contribution in [0.15, 0.2) is 30.7 Å². The van der Waals surface area contributed by atoms with Crippen LogP contribution in [-0.4, -0.2) is 83.1 Å². The van der Waals surface area contributed by atoms with Crippen LogP contribution < -0.4 is 4.90 Å². The Labute approximate surface area is 196 Å². The minimum absolute atomic E-state index is 0.144. The highest BCUT2D eigenvalue weighted by atomic mass is 35.5. The van der Waals surface area contributed by atoms with Gasteiger partial charge in [-0.15, -0.1) is 0 Å². The third kappa shape index (κ3) is 5.93. The molecule has 1 atom stereocenters. The topological polar surface area (TPSA) is 118 Å². The Morgan fingerprint density at radius 1 is 1.18 bits per heavy atom. The summed E-state index contributed by atoms with van der Waals surface area (Å²) in [7, 11) is 2.00. The Balaban J connectivity index is 0.000000454. The van der Waals surface area contributed by atoms with Crippen LogP contribution in [0.2, 0.25) is 5.02 Å². The van der Waals surface area contributed by atoms with Gasteiger partial charge in [-0.2, -0.15) is 0 Å². The van der Waals surface area contributed by atoms with Crippen LogP contribution >= 0.6 is 11.6 Å². The molecule has 2 aromatic heterocycles. The number of likely N-dealkylation sites (N-methyl/N-ethyl adjacent to an activating group) is 1. The lowest BCUT2D eigenvalue weighted by atomic mass is 10.3. The molecule has 0 spiro atoms. The first-order chi connectivity index (χ1) is 16.0. The molecule has 0 N–H and O–H groups in total. The average molecular weight is 477 g/mol. The lowest BCUT2D eigenvalue weighted by Gasteiger charge is -2.33. The Bertz CT molecular complexity index is 968. The molecule has 176 valence electrons. The second-order valence-electron chi connectivity index (χ2n) is 7.29. The summed E-state index contributed by atoms with van der Waals surface area (Å²) < 4.78 is 9.98. The normalized spacial score (nSPS) is 17.7. The standard InChI is InChI=1S/C17H17ClN6O3.C4H8O2/c1-22-6-8-23(9-7-22)17(26)27-16-14-13(19-4-5-20-14)15(25)24(16)12-3-2-11(18)10-21-12;1-2-3-6-4-5/h2-5,10,16H,6-9H2,1H3;4H,2-3H2,1H3. The predicted molar refractivity (Wildman–Crippen MR) is 119 cm³/mol. The molecule has 2 amide bonds. The molecule has 0 aliphatic carbocycles. The van der Waals surface area contributed by atoms with Crippen molar-refractivity contribution in [1.82, 2.24) is 24.8 Å². The molecule has 2 aliphatic heterocycles. The molecule has 4 rings (SSSR count). The summed E-state index contributed by atoms with van der Waals surface area (Å²) in [6, 6.07) is 3.20. The van der Waals surface area contributed by atoms with E-state index in [0.29, 0.717) is 42.7 Å². The van der Waals surface area contributed by atoms with Crippen molar-refractivity contribution in [1.29, 1.82) is 0 Å². The summed E-state index contributed by atoms with van der Waals surface area (Å²) in [6.07, 6.45) is 3.68. The predicted octanol–water partition coefficient (Wildman–Crippen LogP) is 2.14. The number of aromatic nitrogens is 3. The number of carbonyl (C=O) groups excluding carboxylic acids is 3. The smallest absolute Gasteiger partial charge is 0.412 e. The number of fused-ring (bicyclic) bond motifs is 1. The molecule has 1 unspecified atom stereocenters. The lowest BCUT2D eigenvalue weighted by Crippen LogP contribution is -2.48. The van der Waals surface area contributed by atoms with Crippen molar-refractivity contribution in [3.8, 4) is 0 Å². The molecular formula is C21H25ClN6O5. The van der Waals surface area contributed by atoms with Crippen LogP contribution in [0.1, 0.15) is 35.8 Å². The number of piperazine rings is 1. The van der Waals surface area contributed by atoms with E-state index in [-0.39, 0.29) is 5.69 Å². The molecule has 0 aromatic carbocycles. The SMILES string of the molecule is CCCOC=O.CN1CCN(C(=O)OC2c3nccnc3C(=O)N2c2ccc(Cl)cn2)CC1. The van der Waals surface area contributed by atoms with E-state index >= 15 is 0 Å². The van der Waals surface area contributed by atoms with Crippen molar-refractivity contribution < 1.29 is 23.9 Å². The van der Waals surface area contributed by atoms with E-state index in [0.717, 1.165) is 19.5 Å². The highest BCUT2D eigenvalue weighted by molar-refractivity contribution is 6.30. The van der Waals surface area contributed by atoms with Gasteiger partial charge in [0.2, 0.25) is 6.23 Å². The number of nitrogens with zero attached hydrogens (tertiary/aromatic N) is 6. The highest BCUT2D eigenvalue weighted by Gasteiger charge is 2.44. The number of amides is 2. The van der Waals surface area contributed by atoms with Gasteiger partial charge in [0.15, 0.2) is 5.69 Å². The fraction of sp³-hybridized carbons (Fsp3) is 0.429. The molecule has 33 heavy (non-hydrogen) atoms. The molecule has 12 heteroatoms. The summed E-state index contributed by atoms with van der Waals surface area (Å²) in [5.74, 6) is -0.121. The van der Waals surface area contributed by atoms with E-state index in [1.165, 1.54) is 23.5 Å². The first-order valence-electron chi connectivity index (χ1n) is 10.4. The fourth-order valence-corrected chi connectivity index (χ4v) is 3.32. The van der Waals surface area contributed by atoms with Crippen molar-refractivity contribution in [2.45, 2.75) is 19.6 Å². The van der Waals surface area contributed by atoms with Crippen LogP contribution in [0.5, 0.6) is 0 Å². The minimum Gasteiger partial charge on any atom is -0.468 e. The molecule has 2 aliphatic rings. The number of halogens is 1.